The number of halogens is 1. The van der Waals surface area contributed by atoms with Crippen LogP contribution < -0.4 is 19.6 Å². The van der Waals surface area contributed by atoms with Crippen LogP contribution in [0.15, 0.2) is 63.5 Å². The summed E-state index contributed by atoms with van der Waals surface area (Å²) in [5.41, 5.74) is 3.25. The molecule has 1 aliphatic rings. The van der Waals surface area contributed by atoms with Gasteiger partial charge in [-0.3, -0.25) is 9.36 Å². The lowest BCUT2D eigenvalue weighted by atomic mass is 9.95. The molecule has 0 spiro atoms. The number of hydrogen-bond acceptors (Lipinski definition) is 6. The van der Waals surface area contributed by atoms with Crippen LogP contribution in [0, 0.1) is 6.92 Å². The Bertz CT molecular complexity index is 1450. The molecule has 0 saturated heterocycles. The van der Waals surface area contributed by atoms with Crippen molar-refractivity contribution in [2.24, 2.45) is 4.99 Å². The molecule has 1 aliphatic heterocycles. The van der Waals surface area contributed by atoms with Crippen LogP contribution >= 0.6 is 22.9 Å². The van der Waals surface area contributed by atoms with Crippen molar-refractivity contribution in [3.8, 4) is 5.75 Å². The van der Waals surface area contributed by atoms with Gasteiger partial charge < -0.3 is 9.47 Å². The number of esters is 1. The minimum Gasteiger partial charge on any atom is -0.493 e. The van der Waals surface area contributed by atoms with Gasteiger partial charge in [0, 0.05) is 10.6 Å². The number of aryl methyl sites for hydroxylation is 1. The molecule has 2 aromatic carbocycles. The van der Waals surface area contributed by atoms with Gasteiger partial charge in [0.25, 0.3) is 5.56 Å². The van der Waals surface area contributed by atoms with Crippen molar-refractivity contribution < 1.29 is 14.3 Å². The average Bonchev–Trinajstić information content (AvgIpc) is 3.10. The summed E-state index contributed by atoms with van der Waals surface area (Å²) >= 11 is 7.48. The van der Waals surface area contributed by atoms with Gasteiger partial charge in [-0.15, -0.1) is 0 Å². The third kappa shape index (κ3) is 4.58. The lowest BCUT2D eigenvalue weighted by Crippen LogP contribution is -2.39. The van der Waals surface area contributed by atoms with Gasteiger partial charge in [0.2, 0.25) is 0 Å². The molecule has 0 unspecified atom stereocenters. The first kappa shape index (κ1) is 24.0. The van der Waals surface area contributed by atoms with E-state index in [1.807, 2.05) is 38.1 Å². The maximum atomic E-state index is 13.7. The Morgan fingerprint density at radius 3 is 2.56 bits per heavy atom. The van der Waals surface area contributed by atoms with Gasteiger partial charge in [-0.1, -0.05) is 52.8 Å². The van der Waals surface area contributed by atoms with Crippen LogP contribution in [0.25, 0.3) is 6.08 Å². The smallest absolute Gasteiger partial charge is 0.338 e. The molecule has 0 radical (unpaired) electrons. The van der Waals surface area contributed by atoms with E-state index in [1.54, 1.807) is 42.7 Å². The summed E-state index contributed by atoms with van der Waals surface area (Å²) in [5.74, 6) is 0.160. The van der Waals surface area contributed by atoms with Crippen molar-refractivity contribution in [1.82, 2.24) is 4.57 Å². The summed E-state index contributed by atoms with van der Waals surface area (Å²) in [6.45, 7) is 8.13. The number of nitrogens with zero attached hydrogens (tertiary/aromatic N) is 2. The maximum Gasteiger partial charge on any atom is 0.338 e. The Balaban J connectivity index is 1.96. The molecular weight excluding hydrogens is 472 g/mol. The fourth-order valence-corrected chi connectivity index (χ4v) is 5.13. The molecule has 6 nitrogen and oxygen atoms in total. The lowest BCUT2D eigenvalue weighted by molar-refractivity contribution is -0.139. The largest absolute Gasteiger partial charge is 0.493 e. The van der Waals surface area contributed by atoms with Gasteiger partial charge >= 0.3 is 5.97 Å². The van der Waals surface area contributed by atoms with Crippen LogP contribution in [-0.4, -0.2) is 23.8 Å². The van der Waals surface area contributed by atoms with Crippen molar-refractivity contribution >= 4 is 35.0 Å². The second-order valence-electron chi connectivity index (χ2n) is 7.83. The summed E-state index contributed by atoms with van der Waals surface area (Å²) in [7, 11) is 0. The van der Waals surface area contributed by atoms with Crippen molar-refractivity contribution in [3.05, 3.63) is 95.1 Å². The summed E-state index contributed by atoms with van der Waals surface area (Å²) in [6, 6.07) is 12.4. The van der Waals surface area contributed by atoms with Crippen LogP contribution in [0.3, 0.4) is 0 Å². The molecule has 0 aliphatic carbocycles. The van der Waals surface area contributed by atoms with Crippen molar-refractivity contribution in [2.45, 2.75) is 33.7 Å². The Hall–Kier alpha value is -3.16. The number of aromatic nitrogens is 1. The second kappa shape index (κ2) is 9.99. The highest BCUT2D eigenvalue weighted by molar-refractivity contribution is 7.07. The van der Waals surface area contributed by atoms with Crippen molar-refractivity contribution in [3.63, 3.8) is 0 Å². The Labute approximate surface area is 206 Å². The van der Waals surface area contributed by atoms with E-state index in [0.29, 0.717) is 43.5 Å². The van der Waals surface area contributed by atoms with E-state index in [0.717, 1.165) is 11.1 Å². The first-order chi connectivity index (χ1) is 16.3. The van der Waals surface area contributed by atoms with E-state index >= 15 is 0 Å². The predicted molar refractivity (Wildman–Crippen MR) is 134 cm³/mol. The maximum absolute atomic E-state index is 13.7. The van der Waals surface area contributed by atoms with Gasteiger partial charge in [-0.25, -0.2) is 9.79 Å². The normalized spacial score (nSPS) is 15.7. The Morgan fingerprint density at radius 1 is 1.15 bits per heavy atom. The molecule has 0 bridgehead atoms. The number of ether oxygens (including phenoxy) is 2. The standard InChI is InChI=1S/C26H25ClN2O4S/c1-5-32-20-12-11-19(27)13-18(20)14-21-24(30)29-23(17-9-7-15(3)8-10-17)22(25(31)33-6-2)16(4)28-26(29)34-21/h7-14,23H,5-6H2,1-4H3/b21-14-/t23-/m0/s1. The number of hydrogen-bond donors (Lipinski definition) is 0. The molecule has 1 atom stereocenters. The Morgan fingerprint density at radius 2 is 1.88 bits per heavy atom. The molecule has 8 heteroatoms. The molecule has 0 fully saturated rings. The summed E-state index contributed by atoms with van der Waals surface area (Å²) in [5, 5.41) is 0.542. The SMILES string of the molecule is CCOC(=O)C1=C(C)N=c2s/c(=C\c3cc(Cl)ccc3OCC)c(=O)n2[C@H]1c1ccc(C)cc1. The predicted octanol–water partition coefficient (Wildman–Crippen LogP) is 4.16. The second-order valence-corrected chi connectivity index (χ2v) is 9.27. The molecule has 0 saturated carbocycles. The van der Waals surface area contributed by atoms with Crippen molar-refractivity contribution in [2.75, 3.05) is 13.2 Å². The first-order valence-electron chi connectivity index (χ1n) is 11.0. The molecule has 3 aromatic rings. The fourth-order valence-electron chi connectivity index (χ4n) is 3.92. The average molecular weight is 497 g/mol. The minimum atomic E-state index is -0.635. The van der Waals surface area contributed by atoms with Gasteiger partial charge in [-0.05, 0) is 57.5 Å². The number of carbonyl (C=O) groups excluding carboxylic acids is 1. The third-order valence-electron chi connectivity index (χ3n) is 5.47. The molecule has 1 aromatic heterocycles. The van der Waals surface area contributed by atoms with Gasteiger partial charge in [0.15, 0.2) is 4.80 Å². The zero-order valence-electron chi connectivity index (χ0n) is 19.4. The van der Waals surface area contributed by atoms with Crippen LogP contribution in [0.1, 0.15) is 43.5 Å². The molecule has 34 heavy (non-hydrogen) atoms. The molecule has 0 amide bonds. The highest BCUT2D eigenvalue weighted by atomic mass is 35.5. The van der Waals surface area contributed by atoms with Crippen molar-refractivity contribution in [1.29, 1.82) is 0 Å². The van der Waals surface area contributed by atoms with Crippen LogP contribution in [0.4, 0.5) is 0 Å². The lowest BCUT2D eigenvalue weighted by Gasteiger charge is -2.24. The van der Waals surface area contributed by atoms with E-state index < -0.39 is 12.0 Å². The molecule has 4 rings (SSSR count). The fraction of sp³-hybridized carbons (Fsp3) is 0.269. The van der Waals surface area contributed by atoms with Crippen LogP contribution in [0.2, 0.25) is 5.02 Å². The zero-order valence-corrected chi connectivity index (χ0v) is 21.0. The van der Waals surface area contributed by atoms with Crippen LogP contribution in [0.5, 0.6) is 5.75 Å². The Kier molecular flexibility index (Phi) is 7.05. The monoisotopic (exact) mass is 496 g/mol. The minimum absolute atomic E-state index is 0.232. The van der Waals surface area contributed by atoms with Gasteiger partial charge in [0.1, 0.15) is 5.75 Å². The third-order valence-corrected chi connectivity index (χ3v) is 6.69. The molecule has 176 valence electrons. The van der Waals surface area contributed by atoms with Gasteiger partial charge in [0.05, 0.1) is 35.1 Å². The van der Waals surface area contributed by atoms with Crippen LogP contribution in [-0.2, 0) is 9.53 Å². The number of benzene rings is 2. The molecule has 0 N–H and O–H groups in total. The van der Waals surface area contributed by atoms with E-state index in [1.165, 1.54) is 11.3 Å². The highest BCUT2D eigenvalue weighted by Crippen LogP contribution is 2.31. The topological polar surface area (TPSA) is 69.9 Å². The van der Waals surface area contributed by atoms with E-state index in [-0.39, 0.29) is 12.2 Å². The quantitative estimate of drug-likeness (QED) is 0.480. The number of rotatable bonds is 6. The van der Waals surface area contributed by atoms with E-state index in [4.69, 9.17) is 21.1 Å². The highest BCUT2D eigenvalue weighted by Gasteiger charge is 2.33. The number of carbonyl (C=O) groups is 1. The zero-order chi connectivity index (χ0) is 24.4. The molecule has 2 heterocycles. The first-order valence-corrected chi connectivity index (χ1v) is 12.2. The number of thiazole rings is 1. The summed E-state index contributed by atoms with van der Waals surface area (Å²) < 4.78 is 13.1. The number of fused-ring (bicyclic) bond motifs is 1. The summed E-state index contributed by atoms with van der Waals surface area (Å²) in [6.07, 6.45) is 1.76. The summed E-state index contributed by atoms with van der Waals surface area (Å²) in [4.78, 5) is 31.8. The number of allylic oxidation sites excluding steroid dienone is 1. The van der Waals surface area contributed by atoms with E-state index in [9.17, 15) is 9.59 Å². The van der Waals surface area contributed by atoms with E-state index in [2.05, 4.69) is 4.99 Å². The van der Waals surface area contributed by atoms with Gasteiger partial charge in [-0.2, -0.15) is 0 Å². The molecular formula is C26H25ClN2O4S.